The Morgan fingerprint density at radius 3 is 2.77 bits per heavy atom. The van der Waals surface area contributed by atoms with Crippen molar-refractivity contribution < 1.29 is 28.2 Å². The Labute approximate surface area is 153 Å². The van der Waals surface area contributed by atoms with Crippen LogP contribution in [0.5, 0.6) is 0 Å². The maximum absolute atomic E-state index is 13.0. The van der Waals surface area contributed by atoms with Gasteiger partial charge < -0.3 is 18.6 Å². The van der Waals surface area contributed by atoms with Crippen molar-refractivity contribution in [1.82, 2.24) is 0 Å². The molecule has 2 heterocycles. The lowest BCUT2D eigenvalue weighted by Crippen LogP contribution is -2.45. The van der Waals surface area contributed by atoms with Crippen molar-refractivity contribution in [2.75, 3.05) is 13.7 Å². The summed E-state index contributed by atoms with van der Waals surface area (Å²) in [6.45, 7) is 4.14. The highest BCUT2D eigenvalue weighted by Crippen LogP contribution is 2.41. The molecule has 0 N–H and O–H groups in total. The molecule has 142 valence electrons. The summed E-state index contributed by atoms with van der Waals surface area (Å²) < 4.78 is 21.9. The van der Waals surface area contributed by atoms with Crippen molar-refractivity contribution in [1.29, 1.82) is 0 Å². The molecule has 2 aliphatic rings. The smallest absolute Gasteiger partial charge is 0.374 e. The third-order valence-electron chi connectivity index (χ3n) is 5.27. The number of methoxy groups -OCH3 is 1. The molecule has 1 aliphatic heterocycles. The van der Waals surface area contributed by atoms with Gasteiger partial charge in [0.25, 0.3) is 0 Å². The lowest BCUT2D eigenvalue weighted by atomic mass is 9.72. The third kappa shape index (κ3) is 3.56. The summed E-state index contributed by atoms with van der Waals surface area (Å²) in [6.07, 6.45) is 4.97. The lowest BCUT2D eigenvalue weighted by Gasteiger charge is -2.41. The molecule has 4 unspecified atom stereocenters. The van der Waals surface area contributed by atoms with E-state index in [1.54, 1.807) is 20.1 Å². The number of furan rings is 1. The molecular weight excluding hydrogens is 336 g/mol. The van der Waals surface area contributed by atoms with Gasteiger partial charge in [0.2, 0.25) is 5.76 Å². The Balaban J connectivity index is 1.79. The standard InChI is InChI=1S/C20H26O6/c1-4-6-12-9-13-18(10-17(12)23-3)25-11-14(19(13)21)15-7-8-16(26-15)20(22)24-5-2/h7-8,11-13,17-18H,4-6,9-10H2,1-3H3. The molecule has 0 radical (unpaired) electrons. The molecule has 1 aromatic rings. The van der Waals surface area contributed by atoms with Gasteiger partial charge in [-0.2, -0.15) is 0 Å². The quantitative estimate of drug-likeness (QED) is 0.720. The maximum Gasteiger partial charge on any atom is 0.374 e. The number of carbonyl (C=O) groups excluding carboxylic acids is 2. The summed E-state index contributed by atoms with van der Waals surface area (Å²) in [4.78, 5) is 24.8. The van der Waals surface area contributed by atoms with Gasteiger partial charge in [0, 0.05) is 13.5 Å². The van der Waals surface area contributed by atoms with Crippen LogP contribution in [0.3, 0.4) is 0 Å². The molecule has 1 fully saturated rings. The number of carbonyl (C=O) groups is 2. The van der Waals surface area contributed by atoms with Crippen LogP contribution in [0, 0.1) is 11.8 Å². The minimum atomic E-state index is -0.537. The van der Waals surface area contributed by atoms with Crippen molar-refractivity contribution in [2.24, 2.45) is 11.8 Å². The molecular formula is C20H26O6. The van der Waals surface area contributed by atoms with Gasteiger partial charge in [-0.05, 0) is 37.8 Å². The minimum absolute atomic E-state index is 0.0154. The van der Waals surface area contributed by atoms with Crippen LogP contribution in [0.1, 0.15) is 55.8 Å². The molecule has 0 bridgehead atoms. The number of fused-ring (bicyclic) bond motifs is 1. The molecule has 1 aliphatic carbocycles. The Kier molecular flexibility index (Phi) is 5.81. The van der Waals surface area contributed by atoms with Crippen molar-refractivity contribution in [3.05, 3.63) is 29.9 Å². The molecule has 26 heavy (non-hydrogen) atoms. The fraction of sp³-hybridized carbons (Fsp3) is 0.600. The van der Waals surface area contributed by atoms with Crippen LogP contribution in [-0.2, 0) is 19.0 Å². The van der Waals surface area contributed by atoms with Crippen LogP contribution in [0.4, 0.5) is 0 Å². The fourth-order valence-electron chi connectivity index (χ4n) is 3.99. The molecule has 0 amide bonds. The average molecular weight is 362 g/mol. The topological polar surface area (TPSA) is 75.0 Å². The van der Waals surface area contributed by atoms with Crippen LogP contribution >= 0.6 is 0 Å². The van der Waals surface area contributed by atoms with Gasteiger partial charge in [0.1, 0.15) is 11.9 Å². The van der Waals surface area contributed by atoms with E-state index in [2.05, 4.69) is 6.92 Å². The highest BCUT2D eigenvalue weighted by Gasteiger charge is 2.45. The number of rotatable bonds is 6. The molecule has 0 spiro atoms. The van der Waals surface area contributed by atoms with Gasteiger partial charge in [-0.15, -0.1) is 0 Å². The van der Waals surface area contributed by atoms with E-state index >= 15 is 0 Å². The number of Topliss-reactive ketones (excluding diaryl/α,β-unsaturated/α-hetero) is 1. The molecule has 1 saturated carbocycles. The van der Waals surface area contributed by atoms with Crippen molar-refractivity contribution in [3.8, 4) is 0 Å². The van der Waals surface area contributed by atoms with E-state index < -0.39 is 5.97 Å². The van der Waals surface area contributed by atoms with Gasteiger partial charge >= 0.3 is 5.97 Å². The first kappa shape index (κ1) is 18.7. The molecule has 3 rings (SSSR count). The number of ether oxygens (including phenoxy) is 3. The van der Waals surface area contributed by atoms with Gasteiger partial charge in [-0.1, -0.05) is 13.3 Å². The Morgan fingerprint density at radius 1 is 1.27 bits per heavy atom. The SMILES string of the molecule is CCCC1CC2C(=O)C(c3ccc(C(=O)OCC)o3)=COC2CC1OC. The zero-order chi connectivity index (χ0) is 18.7. The molecule has 4 atom stereocenters. The summed E-state index contributed by atoms with van der Waals surface area (Å²) in [7, 11) is 1.72. The number of ketones is 1. The van der Waals surface area contributed by atoms with E-state index in [0.717, 1.165) is 19.3 Å². The molecule has 0 saturated heterocycles. The largest absolute Gasteiger partial charge is 0.496 e. The average Bonchev–Trinajstić information content (AvgIpc) is 3.12. The van der Waals surface area contributed by atoms with Gasteiger partial charge in [0.05, 0.1) is 30.5 Å². The summed E-state index contributed by atoms with van der Waals surface area (Å²) >= 11 is 0. The van der Waals surface area contributed by atoms with Crippen LogP contribution in [0.25, 0.3) is 5.57 Å². The van der Waals surface area contributed by atoms with Crippen LogP contribution in [-0.4, -0.2) is 37.7 Å². The second-order valence-electron chi connectivity index (χ2n) is 6.86. The summed E-state index contributed by atoms with van der Waals surface area (Å²) in [6, 6.07) is 3.14. The zero-order valence-electron chi connectivity index (χ0n) is 15.5. The molecule has 1 aromatic heterocycles. The normalized spacial score (nSPS) is 28.1. The predicted octanol–water partition coefficient (Wildman–Crippen LogP) is 3.61. The maximum atomic E-state index is 13.0. The molecule has 6 nitrogen and oxygen atoms in total. The van der Waals surface area contributed by atoms with E-state index in [9.17, 15) is 9.59 Å². The van der Waals surface area contributed by atoms with E-state index in [4.69, 9.17) is 18.6 Å². The number of allylic oxidation sites excluding steroid dienone is 1. The van der Waals surface area contributed by atoms with E-state index in [1.165, 1.54) is 12.3 Å². The number of esters is 1. The van der Waals surface area contributed by atoms with Gasteiger partial charge in [-0.3, -0.25) is 4.79 Å². The predicted molar refractivity (Wildman–Crippen MR) is 94.4 cm³/mol. The number of hydrogen-bond acceptors (Lipinski definition) is 6. The van der Waals surface area contributed by atoms with E-state index in [-0.39, 0.29) is 36.3 Å². The second-order valence-corrected chi connectivity index (χ2v) is 6.86. The summed E-state index contributed by atoms with van der Waals surface area (Å²) in [5, 5.41) is 0. The van der Waals surface area contributed by atoms with Gasteiger partial charge in [0.15, 0.2) is 5.78 Å². The highest BCUT2D eigenvalue weighted by atomic mass is 16.5. The van der Waals surface area contributed by atoms with E-state index in [0.29, 0.717) is 23.7 Å². The Hall–Kier alpha value is -2.08. The third-order valence-corrected chi connectivity index (χ3v) is 5.27. The van der Waals surface area contributed by atoms with Crippen LogP contribution in [0.2, 0.25) is 0 Å². The first-order chi connectivity index (χ1) is 12.6. The first-order valence-corrected chi connectivity index (χ1v) is 9.28. The van der Waals surface area contributed by atoms with Crippen molar-refractivity contribution in [3.63, 3.8) is 0 Å². The van der Waals surface area contributed by atoms with Crippen molar-refractivity contribution in [2.45, 2.75) is 51.7 Å². The van der Waals surface area contributed by atoms with Crippen LogP contribution < -0.4 is 0 Å². The fourth-order valence-corrected chi connectivity index (χ4v) is 3.99. The van der Waals surface area contributed by atoms with Crippen LogP contribution in [0.15, 0.2) is 22.8 Å². The van der Waals surface area contributed by atoms with Crippen molar-refractivity contribution >= 4 is 17.3 Å². The highest BCUT2D eigenvalue weighted by molar-refractivity contribution is 6.21. The summed E-state index contributed by atoms with van der Waals surface area (Å²) in [5.41, 5.74) is 0.382. The van der Waals surface area contributed by atoms with E-state index in [1.807, 2.05) is 0 Å². The molecule has 0 aromatic carbocycles. The Morgan fingerprint density at radius 2 is 2.08 bits per heavy atom. The zero-order valence-corrected chi connectivity index (χ0v) is 15.5. The Bertz CT molecular complexity index is 688. The molecule has 6 heteroatoms. The number of hydrogen-bond donors (Lipinski definition) is 0. The first-order valence-electron chi connectivity index (χ1n) is 9.28. The lowest BCUT2D eigenvalue weighted by molar-refractivity contribution is -0.131. The second kappa shape index (κ2) is 8.08. The van der Waals surface area contributed by atoms with Gasteiger partial charge in [-0.25, -0.2) is 4.79 Å². The monoisotopic (exact) mass is 362 g/mol. The summed E-state index contributed by atoms with van der Waals surface area (Å²) in [5.74, 6) is 0.0626. The minimum Gasteiger partial charge on any atom is -0.496 e.